The van der Waals surface area contributed by atoms with Gasteiger partial charge in [0.1, 0.15) is 34.8 Å². The van der Waals surface area contributed by atoms with Crippen LogP contribution in [-0.4, -0.2) is 57.9 Å². The molecule has 44 heavy (non-hydrogen) atoms. The van der Waals surface area contributed by atoms with Gasteiger partial charge in [-0.3, -0.25) is 4.79 Å². The van der Waals surface area contributed by atoms with Gasteiger partial charge in [0, 0.05) is 6.42 Å². The number of carbonyl (C=O) groups is 3. The van der Waals surface area contributed by atoms with E-state index in [0.717, 1.165) is 5.56 Å². The molecule has 0 heterocycles. The molecule has 9 nitrogen and oxygen atoms in total. The van der Waals surface area contributed by atoms with Crippen LogP contribution < -0.4 is 19.5 Å². The predicted molar refractivity (Wildman–Crippen MR) is 182 cm³/mol. The van der Waals surface area contributed by atoms with E-state index < -0.39 is 57.9 Å². The lowest BCUT2D eigenvalue weighted by Gasteiger charge is -2.40. The molecule has 252 valence electrons. The van der Waals surface area contributed by atoms with Crippen LogP contribution in [0.5, 0.6) is 11.5 Å². The van der Waals surface area contributed by atoms with Gasteiger partial charge in [0.05, 0.1) is 0 Å². The Hall–Kier alpha value is -2.54. The Balaban J connectivity index is 3.48. The minimum atomic E-state index is -2.27. The highest BCUT2D eigenvalue weighted by Gasteiger charge is 2.42. The molecule has 11 heteroatoms. The first-order valence-electron chi connectivity index (χ1n) is 15.5. The summed E-state index contributed by atoms with van der Waals surface area (Å²) in [7, 11) is -4.46. The number of alkyl carbamates (subject to hydrolysis) is 1. The van der Waals surface area contributed by atoms with E-state index >= 15 is 0 Å². The summed E-state index contributed by atoms with van der Waals surface area (Å²) in [5.74, 6) is 0.192. The molecular weight excluding hydrogens is 593 g/mol. The number of benzene rings is 1. The van der Waals surface area contributed by atoms with E-state index in [1.165, 1.54) is 6.92 Å². The number of amides is 2. The van der Waals surface area contributed by atoms with Gasteiger partial charge < -0.3 is 29.0 Å². The van der Waals surface area contributed by atoms with Crippen LogP contribution in [0, 0.1) is 0 Å². The minimum absolute atomic E-state index is 0.0178. The lowest BCUT2D eigenvalue weighted by Crippen LogP contribution is -2.52. The molecule has 1 aromatic carbocycles. The first-order valence-corrected chi connectivity index (χ1v) is 21.3. The summed E-state index contributed by atoms with van der Waals surface area (Å²) in [6.07, 6.45) is -0.577. The summed E-state index contributed by atoms with van der Waals surface area (Å²) < 4.78 is 24.5. The molecule has 0 spiro atoms. The van der Waals surface area contributed by atoms with Gasteiger partial charge >= 0.3 is 12.1 Å². The Kier molecular flexibility index (Phi) is 12.4. The highest BCUT2D eigenvalue weighted by molar-refractivity contribution is 6.75. The molecule has 0 bridgehead atoms. The monoisotopic (exact) mass is 652 g/mol. The summed E-state index contributed by atoms with van der Waals surface area (Å²) >= 11 is 0. The number of ether oxygens (including phenoxy) is 2. The average Bonchev–Trinajstić information content (AvgIpc) is 2.75. The number of carbonyl (C=O) groups excluding carboxylic acids is 3. The first kappa shape index (κ1) is 39.5. The van der Waals surface area contributed by atoms with Crippen molar-refractivity contribution in [2.24, 2.45) is 0 Å². The van der Waals surface area contributed by atoms with Crippen molar-refractivity contribution in [3.05, 3.63) is 23.8 Å². The number of hydrogen-bond acceptors (Lipinski definition) is 7. The van der Waals surface area contributed by atoms with Gasteiger partial charge in [0.2, 0.25) is 5.91 Å². The van der Waals surface area contributed by atoms with Gasteiger partial charge in [0.25, 0.3) is 16.6 Å². The van der Waals surface area contributed by atoms with Crippen molar-refractivity contribution in [2.75, 3.05) is 0 Å². The molecule has 0 radical (unpaired) electrons. The first-order chi connectivity index (χ1) is 19.4. The second-order valence-electron chi connectivity index (χ2n) is 16.7. The average molecular weight is 653 g/mol. The fourth-order valence-corrected chi connectivity index (χ4v) is 5.39. The predicted octanol–water partition coefficient (Wildman–Crippen LogP) is 7.74. The molecule has 0 fully saturated rings. The van der Waals surface area contributed by atoms with Crippen LogP contribution >= 0.6 is 0 Å². The van der Waals surface area contributed by atoms with Crippen molar-refractivity contribution >= 4 is 34.6 Å². The topological polar surface area (TPSA) is 112 Å². The molecule has 1 aromatic rings. The van der Waals surface area contributed by atoms with Crippen molar-refractivity contribution in [3.63, 3.8) is 0 Å². The van der Waals surface area contributed by atoms with E-state index in [-0.39, 0.29) is 16.5 Å². The van der Waals surface area contributed by atoms with Crippen molar-refractivity contribution in [2.45, 2.75) is 156 Å². The molecule has 0 saturated heterocycles. The summed E-state index contributed by atoms with van der Waals surface area (Å²) in [5.41, 5.74) is -0.716. The fourth-order valence-electron chi connectivity index (χ4n) is 3.35. The molecule has 0 unspecified atom stereocenters. The zero-order valence-electron chi connectivity index (χ0n) is 30.5. The van der Waals surface area contributed by atoms with Crippen LogP contribution in [-0.2, 0) is 25.5 Å². The van der Waals surface area contributed by atoms with Gasteiger partial charge in [-0.05, 0) is 102 Å². The maximum atomic E-state index is 13.3. The maximum Gasteiger partial charge on any atom is 0.408 e. The standard InChI is InChI=1S/C33H60N2O7Si2/c1-22(34-29(38)40-31(5,6)7)27(36)35-24(28(37)39-30(2,3)4)20-23-18-19-25(41-43(14,15)32(8,9)10)26(21-23)42-44(16,17)33(11,12)13/h18-19,21-22,24H,20H2,1-17H3,(H,34,38)(H,35,36)/t22-,24-/m0/s1. The number of esters is 1. The van der Waals surface area contributed by atoms with Crippen molar-refractivity contribution < 1.29 is 32.7 Å². The molecule has 0 aliphatic rings. The smallest absolute Gasteiger partial charge is 0.408 e. The van der Waals surface area contributed by atoms with E-state index in [0.29, 0.717) is 11.5 Å². The number of hydrogen-bond donors (Lipinski definition) is 2. The second-order valence-corrected chi connectivity index (χ2v) is 26.1. The Morgan fingerprint density at radius 2 is 1.16 bits per heavy atom. The van der Waals surface area contributed by atoms with Crippen molar-refractivity contribution in [1.82, 2.24) is 10.6 Å². The van der Waals surface area contributed by atoms with Crippen LogP contribution in [0.3, 0.4) is 0 Å². The zero-order valence-corrected chi connectivity index (χ0v) is 32.5. The van der Waals surface area contributed by atoms with E-state index in [9.17, 15) is 14.4 Å². The summed E-state index contributed by atoms with van der Waals surface area (Å²) in [6.45, 7) is 33.9. The zero-order chi connectivity index (χ0) is 34.7. The molecule has 2 atom stereocenters. The highest BCUT2D eigenvalue weighted by Crippen LogP contribution is 2.43. The summed E-state index contributed by atoms with van der Waals surface area (Å²) in [6, 6.07) is 3.74. The normalized spacial score (nSPS) is 14.7. The molecule has 0 aliphatic carbocycles. The van der Waals surface area contributed by atoms with Crippen LogP contribution in [0.1, 0.15) is 95.6 Å². The third-order valence-corrected chi connectivity index (χ3v) is 16.6. The Labute approximate surface area is 268 Å². The quantitative estimate of drug-likeness (QED) is 0.196. The number of rotatable bonds is 10. The summed E-state index contributed by atoms with van der Waals surface area (Å²) in [4.78, 5) is 38.8. The van der Waals surface area contributed by atoms with E-state index in [2.05, 4.69) is 78.4 Å². The van der Waals surface area contributed by atoms with Crippen LogP contribution in [0.2, 0.25) is 36.3 Å². The van der Waals surface area contributed by atoms with Gasteiger partial charge in [0.15, 0.2) is 0 Å². The Bertz CT molecular complexity index is 1170. The highest BCUT2D eigenvalue weighted by atomic mass is 28.4. The van der Waals surface area contributed by atoms with Crippen molar-refractivity contribution in [3.8, 4) is 11.5 Å². The molecular formula is C33H60N2O7Si2. The largest absolute Gasteiger partial charge is 0.541 e. The maximum absolute atomic E-state index is 13.3. The molecule has 0 aliphatic heterocycles. The molecule has 0 saturated carbocycles. The van der Waals surface area contributed by atoms with Gasteiger partial charge in [-0.25, -0.2) is 9.59 Å². The molecule has 2 N–H and O–H groups in total. The molecule has 2 amide bonds. The van der Waals surface area contributed by atoms with Gasteiger partial charge in [-0.1, -0.05) is 47.6 Å². The van der Waals surface area contributed by atoms with Crippen LogP contribution in [0.25, 0.3) is 0 Å². The van der Waals surface area contributed by atoms with Crippen LogP contribution in [0.4, 0.5) is 4.79 Å². The van der Waals surface area contributed by atoms with Gasteiger partial charge in [-0.15, -0.1) is 0 Å². The van der Waals surface area contributed by atoms with Gasteiger partial charge in [-0.2, -0.15) is 0 Å². The third-order valence-electron chi connectivity index (χ3n) is 7.92. The number of nitrogens with one attached hydrogen (secondary N) is 2. The second kappa shape index (κ2) is 13.8. The van der Waals surface area contributed by atoms with Crippen molar-refractivity contribution in [1.29, 1.82) is 0 Å². The minimum Gasteiger partial charge on any atom is -0.541 e. The summed E-state index contributed by atoms with van der Waals surface area (Å²) in [5, 5.41) is 5.24. The Morgan fingerprint density at radius 3 is 1.59 bits per heavy atom. The Morgan fingerprint density at radius 1 is 0.705 bits per heavy atom. The molecule has 0 aromatic heterocycles. The van der Waals surface area contributed by atoms with E-state index in [4.69, 9.17) is 18.3 Å². The van der Waals surface area contributed by atoms with Crippen LogP contribution in [0.15, 0.2) is 18.2 Å². The fraction of sp³-hybridized carbons (Fsp3) is 0.727. The third kappa shape index (κ3) is 12.5. The molecule has 1 rings (SSSR count). The lowest BCUT2D eigenvalue weighted by atomic mass is 10.0. The van der Waals surface area contributed by atoms with E-state index in [1.807, 2.05) is 18.2 Å². The lowest BCUT2D eigenvalue weighted by molar-refractivity contribution is -0.158. The van der Waals surface area contributed by atoms with E-state index in [1.54, 1.807) is 41.5 Å². The SMILES string of the molecule is C[C@H](NC(=O)OC(C)(C)C)C(=O)N[C@@H](Cc1ccc(O[Si](C)(C)C(C)(C)C)c(O[Si](C)(C)C(C)(C)C)c1)C(=O)OC(C)(C)C.